The van der Waals surface area contributed by atoms with E-state index in [-0.39, 0.29) is 11.9 Å². The van der Waals surface area contributed by atoms with Gasteiger partial charge in [-0.3, -0.25) is 0 Å². The van der Waals surface area contributed by atoms with Crippen LogP contribution in [0.5, 0.6) is 0 Å². The van der Waals surface area contributed by atoms with Crippen LogP contribution in [0.2, 0.25) is 0 Å². The molecule has 1 saturated heterocycles. The first kappa shape index (κ1) is 18.3. The lowest BCUT2D eigenvalue weighted by molar-refractivity contribution is 0.0198. The Morgan fingerprint density at radius 2 is 2.12 bits per heavy atom. The Kier molecular flexibility index (Phi) is 6.25. The number of pyridine rings is 1. The number of hydrogen-bond acceptors (Lipinski definition) is 6. The third-order valence-electron chi connectivity index (χ3n) is 3.93. The van der Waals surface area contributed by atoms with Gasteiger partial charge in [-0.1, -0.05) is 6.07 Å². The molecular formula is C17H26N4O3. The molecule has 0 aliphatic carbocycles. The largest absolute Gasteiger partial charge is 0.444 e. The van der Waals surface area contributed by atoms with E-state index in [1.165, 1.54) is 0 Å². The fourth-order valence-corrected chi connectivity index (χ4v) is 2.71. The highest BCUT2D eigenvalue weighted by molar-refractivity contribution is 5.68. The molecular weight excluding hydrogens is 308 g/mol. The van der Waals surface area contributed by atoms with Crippen LogP contribution in [0.25, 0.3) is 0 Å². The molecule has 0 aromatic carbocycles. The first-order valence-electron chi connectivity index (χ1n) is 8.37. The average Bonchev–Trinajstić information content (AvgIpc) is 2.54. The fraction of sp³-hybridized carbons (Fsp3) is 0.647. The number of carbonyl (C=O) groups is 1. The summed E-state index contributed by atoms with van der Waals surface area (Å²) in [5.41, 5.74) is 0.395. The molecule has 0 atom stereocenters. The minimum Gasteiger partial charge on any atom is -0.444 e. The van der Waals surface area contributed by atoms with Crippen LogP contribution in [0.15, 0.2) is 23.5 Å². The maximum Gasteiger partial charge on any atom is 0.410 e. The molecule has 1 aliphatic heterocycles. The van der Waals surface area contributed by atoms with Gasteiger partial charge in [0, 0.05) is 30.9 Å². The van der Waals surface area contributed by atoms with Crippen molar-refractivity contribution < 1.29 is 9.53 Å². The molecule has 0 saturated carbocycles. The summed E-state index contributed by atoms with van der Waals surface area (Å²) >= 11 is 0. The Morgan fingerprint density at radius 3 is 2.75 bits per heavy atom. The summed E-state index contributed by atoms with van der Waals surface area (Å²) in [6.45, 7) is 7.77. The smallest absolute Gasteiger partial charge is 0.410 e. The number of likely N-dealkylation sites (tertiary alicyclic amines) is 1. The molecule has 1 aromatic heterocycles. The Hall–Kier alpha value is -2.02. The monoisotopic (exact) mass is 334 g/mol. The van der Waals surface area contributed by atoms with Gasteiger partial charge in [0.15, 0.2) is 5.82 Å². The van der Waals surface area contributed by atoms with Crippen LogP contribution in [0.1, 0.15) is 39.2 Å². The quantitative estimate of drug-likeness (QED) is 0.837. The molecule has 1 aromatic rings. The topological polar surface area (TPSA) is 83.9 Å². The van der Waals surface area contributed by atoms with Crippen molar-refractivity contribution in [2.45, 2.75) is 51.7 Å². The van der Waals surface area contributed by atoms with Gasteiger partial charge in [-0.05, 0) is 57.8 Å². The molecule has 2 heterocycles. The van der Waals surface area contributed by atoms with Crippen LogP contribution in [0, 0.1) is 4.91 Å². The summed E-state index contributed by atoms with van der Waals surface area (Å²) in [5.74, 6) is 0.263. The normalized spacial score (nSPS) is 16.0. The second-order valence-electron chi connectivity index (χ2n) is 7.02. The van der Waals surface area contributed by atoms with Gasteiger partial charge in [0.25, 0.3) is 0 Å². The molecule has 132 valence electrons. The number of hydrogen-bond donors (Lipinski definition) is 1. The number of nitrogens with one attached hydrogen (secondary N) is 1. The summed E-state index contributed by atoms with van der Waals surface area (Å²) < 4.78 is 5.40. The van der Waals surface area contributed by atoms with Crippen LogP contribution in [0.3, 0.4) is 0 Å². The maximum absolute atomic E-state index is 12.0. The number of aromatic nitrogens is 1. The summed E-state index contributed by atoms with van der Waals surface area (Å²) in [6.07, 6.45) is 3.83. The molecule has 0 bridgehead atoms. The number of nitroso groups, excluding NO2 is 1. The number of carbonyl (C=O) groups excluding carboxylic acids is 1. The van der Waals surface area contributed by atoms with Gasteiger partial charge in [0.1, 0.15) is 5.60 Å². The van der Waals surface area contributed by atoms with Gasteiger partial charge in [-0.2, -0.15) is 0 Å². The number of piperidine rings is 1. The Bertz CT molecular complexity index is 563. The van der Waals surface area contributed by atoms with Crippen LogP contribution in [-0.2, 0) is 11.2 Å². The lowest BCUT2D eigenvalue weighted by Crippen LogP contribution is -2.46. The van der Waals surface area contributed by atoms with E-state index in [2.05, 4.69) is 15.5 Å². The zero-order chi connectivity index (χ0) is 17.6. The fourth-order valence-electron chi connectivity index (χ4n) is 2.71. The minimum atomic E-state index is -0.458. The third-order valence-corrected chi connectivity index (χ3v) is 3.93. The van der Waals surface area contributed by atoms with E-state index in [4.69, 9.17) is 4.74 Å². The van der Waals surface area contributed by atoms with E-state index in [0.717, 1.165) is 24.9 Å². The summed E-state index contributed by atoms with van der Waals surface area (Å²) in [6, 6.07) is 4.05. The number of amides is 1. The molecule has 0 unspecified atom stereocenters. The molecule has 1 N–H and O–H groups in total. The molecule has 0 radical (unpaired) electrons. The molecule has 7 heteroatoms. The van der Waals surface area contributed by atoms with Crippen molar-refractivity contribution in [2.75, 3.05) is 19.6 Å². The maximum atomic E-state index is 12.0. The lowest BCUT2D eigenvalue weighted by atomic mass is 10.0. The molecule has 0 spiro atoms. The molecule has 24 heavy (non-hydrogen) atoms. The second kappa shape index (κ2) is 8.19. The summed E-state index contributed by atoms with van der Waals surface area (Å²) in [7, 11) is 0. The van der Waals surface area contributed by atoms with E-state index in [9.17, 15) is 9.70 Å². The summed E-state index contributed by atoms with van der Waals surface area (Å²) in [4.78, 5) is 28.5. The van der Waals surface area contributed by atoms with E-state index in [1.807, 2.05) is 32.9 Å². The van der Waals surface area contributed by atoms with Crippen molar-refractivity contribution in [3.63, 3.8) is 0 Å². The first-order valence-corrected chi connectivity index (χ1v) is 8.37. The van der Waals surface area contributed by atoms with Crippen molar-refractivity contribution in [1.29, 1.82) is 0 Å². The lowest BCUT2D eigenvalue weighted by Gasteiger charge is -2.33. The Balaban J connectivity index is 1.72. The Morgan fingerprint density at radius 1 is 1.42 bits per heavy atom. The minimum absolute atomic E-state index is 0.238. The molecule has 7 nitrogen and oxygen atoms in total. The number of ether oxygens (including phenoxy) is 1. The third kappa shape index (κ3) is 5.56. The SMILES string of the molecule is CC(C)(C)OC(=O)N1CCC(NCCc2cccnc2N=O)CC1. The molecule has 1 amide bonds. The van der Waals surface area contributed by atoms with Crippen LogP contribution >= 0.6 is 0 Å². The van der Waals surface area contributed by atoms with Crippen molar-refractivity contribution in [3.05, 3.63) is 28.8 Å². The first-order chi connectivity index (χ1) is 11.4. The van der Waals surface area contributed by atoms with Gasteiger partial charge in [0.05, 0.1) is 0 Å². The van der Waals surface area contributed by atoms with Gasteiger partial charge < -0.3 is 15.0 Å². The zero-order valence-electron chi connectivity index (χ0n) is 14.6. The van der Waals surface area contributed by atoms with Gasteiger partial charge >= 0.3 is 6.09 Å². The van der Waals surface area contributed by atoms with E-state index in [1.54, 1.807) is 11.1 Å². The molecule has 2 rings (SSSR count). The predicted molar refractivity (Wildman–Crippen MR) is 92.2 cm³/mol. The molecule has 1 aliphatic rings. The van der Waals surface area contributed by atoms with E-state index < -0.39 is 5.60 Å². The highest BCUT2D eigenvalue weighted by Gasteiger charge is 2.26. The van der Waals surface area contributed by atoms with Crippen molar-refractivity contribution >= 4 is 11.9 Å². The second-order valence-corrected chi connectivity index (χ2v) is 7.02. The average molecular weight is 334 g/mol. The van der Waals surface area contributed by atoms with Gasteiger partial charge in [-0.25, -0.2) is 9.78 Å². The van der Waals surface area contributed by atoms with Crippen LogP contribution < -0.4 is 5.32 Å². The van der Waals surface area contributed by atoms with Gasteiger partial charge in [-0.15, -0.1) is 4.91 Å². The van der Waals surface area contributed by atoms with Gasteiger partial charge in [0.2, 0.25) is 0 Å². The molecule has 1 fully saturated rings. The standard InChI is InChI=1S/C17H26N4O3/c1-17(2,3)24-16(22)21-11-7-14(8-12-21)18-10-6-13-5-4-9-19-15(13)20-23/h4-5,9,14,18H,6-8,10-12H2,1-3H3. The van der Waals surface area contributed by atoms with Crippen LogP contribution in [0.4, 0.5) is 10.6 Å². The zero-order valence-corrected chi connectivity index (χ0v) is 14.6. The van der Waals surface area contributed by atoms with Crippen molar-refractivity contribution in [2.24, 2.45) is 5.18 Å². The van der Waals surface area contributed by atoms with Crippen LogP contribution in [-0.4, -0.2) is 47.3 Å². The summed E-state index contributed by atoms with van der Waals surface area (Å²) in [5, 5.41) is 6.43. The van der Waals surface area contributed by atoms with Crippen molar-refractivity contribution in [1.82, 2.24) is 15.2 Å². The Labute approximate surface area is 142 Å². The number of nitrogens with zero attached hydrogens (tertiary/aromatic N) is 3. The highest BCUT2D eigenvalue weighted by Crippen LogP contribution is 2.17. The van der Waals surface area contributed by atoms with Crippen molar-refractivity contribution in [3.8, 4) is 0 Å². The number of rotatable bonds is 5. The predicted octanol–water partition coefficient (Wildman–Crippen LogP) is 3.01. The van der Waals surface area contributed by atoms with E-state index in [0.29, 0.717) is 25.6 Å². The highest BCUT2D eigenvalue weighted by atomic mass is 16.6. The van der Waals surface area contributed by atoms with E-state index >= 15 is 0 Å².